The summed E-state index contributed by atoms with van der Waals surface area (Å²) in [6.07, 6.45) is 0.929. The van der Waals surface area contributed by atoms with Gasteiger partial charge in [0.05, 0.1) is 81.8 Å². The molecule has 4 aliphatic heterocycles. The quantitative estimate of drug-likeness (QED) is 0.0415. The molecule has 73 heavy (non-hydrogen) atoms. The van der Waals surface area contributed by atoms with Gasteiger partial charge < -0.3 is 63.0 Å². The molecule has 5 aromatic carbocycles. The second-order valence-electron chi connectivity index (χ2n) is 18.8. The predicted octanol–water partition coefficient (Wildman–Crippen LogP) is 3.93. The molecular weight excluding hydrogens is 986 g/mol. The van der Waals surface area contributed by atoms with E-state index in [1.165, 1.54) is 24.1 Å². The molecule has 9 rings (SSSR count). The first kappa shape index (κ1) is 54.1. The minimum absolute atomic E-state index is 0. The third-order valence-electron chi connectivity index (χ3n) is 13.2. The molecule has 17 nitrogen and oxygen atoms in total. The molecule has 2 N–H and O–H groups in total. The zero-order chi connectivity index (χ0) is 50.7. The first-order valence-corrected chi connectivity index (χ1v) is 25.8. The fourth-order valence-electron chi connectivity index (χ4n) is 9.92. The number of fused-ring (bicyclic) bond motifs is 8. The summed E-state index contributed by atoms with van der Waals surface area (Å²) in [6.45, 7) is 7.97. The predicted molar refractivity (Wildman–Crippen MR) is 277 cm³/mol. The van der Waals surface area contributed by atoms with Crippen LogP contribution in [0.2, 0.25) is 0 Å². The standard InChI is InChI=1S/C53H61N5O12S2.Na/c1-53(2,71)32-56(14-15-67-18-19-68-17-16-64-3)37-21-33(30-69-48-27-41-39(25-46(48)65-4)51(59)57-38(29-54-41)23-35-10-6-8-12-43(35)57)20-34(22-37)31-70-49-28-42-40(26-47(49)66-5)52(60)58-44-13-9-7-11-36(44)24-45(58)50(55-42)72(61,62)63;/h6-13,20-22,25-28,38,45,50,54-55,71H,14-19,23-24,29-32H2,1-5H3,(H,61,62,63);/q;+1/p-1/t38-,45-,50?;/m0./s1. The summed E-state index contributed by atoms with van der Waals surface area (Å²) in [6, 6.07) is 26.6. The molecule has 0 aromatic heterocycles. The summed E-state index contributed by atoms with van der Waals surface area (Å²) in [5.74, 6) is 0.683. The summed E-state index contributed by atoms with van der Waals surface area (Å²) in [5, 5.41) is 4.77. The Morgan fingerprint density at radius 3 is 1.86 bits per heavy atom. The summed E-state index contributed by atoms with van der Waals surface area (Å²) in [7, 11) is -0.345. The Labute approximate surface area is 454 Å². The molecule has 0 fully saturated rings. The van der Waals surface area contributed by atoms with Crippen LogP contribution in [-0.2, 0) is 50.4 Å². The zero-order valence-corrected chi connectivity index (χ0v) is 45.7. The van der Waals surface area contributed by atoms with Crippen LogP contribution < -0.4 is 73.8 Å². The number of carbonyl (C=O) groups is 2. The number of ether oxygens (including phenoxy) is 7. The average molecular weight is 1050 g/mol. The Balaban J connectivity index is 0.00000711. The second-order valence-corrected chi connectivity index (χ2v) is 21.5. The number of rotatable bonds is 21. The van der Waals surface area contributed by atoms with Crippen LogP contribution in [0.4, 0.5) is 28.4 Å². The van der Waals surface area contributed by atoms with Crippen molar-refractivity contribution in [2.75, 3.05) is 99.3 Å². The number of benzene rings is 5. The number of hydrogen-bond acceptors (Lipinski definition) is 16. The maximum Gasteiger partial charge on any atom is 1.00 e. The van der Waals surface area contributed by atoms with Gasteiger partial charge in [-0.25, -0.2) is 8.42 Å². The molecule has 0 saturated heterocycles. The van der Waals surface area contributed by atoms with Crippen LogP contribution in [0, 0.1) is 0 Å². The first-order valence-electron chi connectivity index (χ1n) is 23.9. The van der Waals surface area contributed by atoms with Gasteiger partial charge in [-0.3, -0.25) is 9.59 Å². The molecular formula is C53H60N5NaO12S2. The number of carbonyl (C=O) groups excluding carboxylic acids is 2. The summed E-state index contributed by atoms with van der Waals surface area (Å²) < 4.78 is 79.6. The van der Waals surface area contributed by atoms with Crippen LogP contribution in [0.25, 0.3) is 0 Å². The third-order valence-corrected chi connectivity index (χ3v) is 14.3. The Bertz CT molecular complexity index is 2940. The molecule has 0 spiro atoms. The van der Waals surface area contributed by atoms with Crippen molar-refractivity contribution in [1.82, 2.24) is 0 Å². The van der Waals surface area contributed by atoms with Gasteiger partial charge in [-0.05, 0) is 91.4 Å². The largest absolute Gasteiger partial charge is 1.00 e. The number of anilines is 5. The second kappa shape index (κ2) is 23.1. The molecule has 4 aliphatic rings. The van der Waals surface area contributed by atoms with Gasteiger partial charge in [-0.1, -0.05) is 36.4 Å². The molecule has 0 radical (unpaired) electrons. The van der Waals surface area contributed by atoms with Gasteiger partial charge in [0.1, 0.15) is 28.7 Å². The van der Waals surface area contributed by atoms with Crippen molar-refractivity contribution in [3.05, 3.63) is 124 Å². The number of nitrogens with one attached hydrogen (secondary N) is 2. The van der Waals surface area contributed by atoms with Crippen molar-refractivity contribution in [1.29, 1.82) is 0 Å². The van der Waals surface area contributed by atoms with Gasteiger partial charge in [0.25, 0.3) is 11.8 Å². The number of amides is 2. The number of nitrogens with zero attached hydrogens (tertiary/aromatic N) is 3. The molecule has 3 atom stereocenters. The van der Waals surface area contributed by atoms with Crippen molar-refractivity contribution >= 4 is 63.0 Å². The molecule has 2 amide bonds. The molecule has 0 aliphatic carbocycles. The van der Waals surface area contributed by atoms with E-state index in [4.69, 9.17) is 45.8 Å². The number of hydrogen-bond donors (Lipinski definition) is 3. The van der Waals surface area contributed by atoms with Crippen molar-refractivity contribution in [2.24, 2.45) is 0 Å². The summed E-state index contributed by atoms with van der Waals surface area (Å²) >= 11 is 4.92. The van der Waals surface area contributed by atoms with E-state index >= 15 is 0 Å². The Hall–Kier alpha value is -5.22. The van der Waals surface area contributed by atoms with Gasteiger partial charge in [0, 0.05) is 60.7 Å². The van der Waals surface area contributed by atoms with Gasteiger partial charge in [0.2, 0.25) is 0 Å². The molecule has 0 bridgehead atoms. The third kappa shape index (κ3) is 12.0. The minimum atomic E-state index is -4.97. The smallest absolute Gasteiger partial charge is 0.746 e. The van der Waals surface area contributed by atoms with Crippen LogP contribution in [0.1, 0.15) is 56.8 Å². The van der Waals surface area contributed by atoms with E-state index in [1.54, 1.807) is 32.4 Å². The Morgan fingerprint density at radius 1 is 0.712 bits per heavy atom. The van der Waals surface area contributed by atoms with Gasteiger partial charge >= 0.3 is 29.6 Å². The minimum Gasteiger partial charge on any atom is -0.746 e. The normalized spacial score (nSPS) is 17.5. The van der Waals surface area contributed by atoms with E-state index < -0.39 is 32.2 Å². The Kier molecular flexibility index (Phi) is 17.1. The van der Waals surface area contributed by atoms with Crippen LogP contribution in [0.15, 0.2) is 91.0 Å². The maximum absolute atomic E-state index is 14.3. The van der Waals surface area contributed by atoms with Crippen LogP contribution in [0.3, 0.4) is 0 Å². The van der Waals surface area contributed by atoms with Crippen LogP contribution in [0.5, 0.6) is 23.0 Å². The summed E-state index contributed by atoms with van der Waals surface area (Å²) in [4.78, 5) is 33.9. The molecule has 5 aromatic rings. The monoisotopic (exact) mass is 1050 g/mol. The van der Waals surface area contributed by atoms with E-state index in [9.17, 15) is 22.6 Å². The average Bonchev–Trinajstić information content (AvgIpc) is 3.86. The van der Waals surface area contributed by atoms with Crippen LogP contribution in [-0.4, -0.2) is 121 Å². The van der Waals surface area contributed by atoms with Gasteiger partial charge in [-0.2, -0.15) is 12.6 Å². The maximum atomic E-state index is 14.3. The molecule has 1 unspecified atom stereocenters. The number of para-hydroxylation sites is 2. The van der Waals surface area contributed by atoms with Gasteiger partial charge in [-0.15, -0.1) is 0 Å². The molecule has 0 saturated carbocycles. The van der Waals surface area contributed by atoms with Crippen molar-refractivity contribution < 1.29 is 85.3 Å². The van der Waals surface area contributed by atoms with E-state index in [0.29, 0.717) is 81.1 Å². The first-order chi connectivity index (χ1) is 34.6. The fourth-order valence-corrected chi connectivity index (χ4v) is 11.0. The molecule has 4 heterocycles. The van der Waals surface area contributed by atoms with E-state index in [-0.39, 0.29) is 83.9 Å². The SMILES string of the molecule is COCCOCCOCCN(CC(C)(C)S)c1cc(COc2cc3c(cc2OC)C(=O)N2c4ccccc4C[C@H]2CN3)cc(COc2cc3c(cc2OC)C(=O)N2c4ccccc4C[C@H]2C(S(=O)(=O)[O-])N3)c1.[Na+]. The Morgan fingerprint density at radius 2 is 1.26 bits per heavy atom. The van der Waals surface area contributed by atoms with E-state index in [0.717, 1.165) is 40.0 Å². The van der Waals surface area contributed by atoms with E-state index in [2.05, 4.69) is 21.6 Å². The number of thiol groups is 1. The van der Waals surface area contributed by atoms with Gasteiger partial charge in [0.15, 0.2) is 23.0 Å². The zero-order valence-electron chi connectivity index (χ0n) is 42.0. The topological polar surface area (TPSA) is 190 Å². The molecule has 20 heteroatoms. The van der Waals surface area contributed by atoms with E-state index in [1.807, 2.05) is 73.3 Å². The molecule has 382 valence electrons. The summed E-state index contributed by atoms with van der Waals surface area (Å²) in [5.41, 5.74) is 7.09. The fraction of sp³-hybridized carbons (Fsp3) is 0.396. The van der Waals surface area contributed by atoms with Crippen molar-refractivity contribution in [2.45, 2.75) is 62.1 Å². The van der Waals surface area contributed by atoms with Crippen molar-refractivity contribution in [3.8, 4) is 23.0 Å². The van der Waals surface area contributed by atoms with Crippen molar-refractivity contribution in [3.63, 3.8) is 0 Å². The number of methoxy groups -OCH3 is 3. The van der Waals surface area contributed by atoms with Crippen LogP contribution >= 0.6 is 12.6 Å².